The van der Waals surface area contributed by atoms with E-state index in [2.05, 4.69) is 28.2 Å². The van der Waals surface area contributed by atoms with Crippen LogP contribution in [0.5, 0.6) is 11.5 Å². The molecule has 0 aromatic heterocycles. The van der Waals surface area contributed by atoms with Gasteiger partial charge in [0.15, 0.2) is 11.5 Å². The van der Waals surface area contributed by atoms with Gasteiger partial charge in [-0.3, -0.25) is 4.79 Å². The van der Waals surface area contributed by atoms with Crippen LogP contribution in [-0.2, 0) is 0 Å². The van der Waals surface area contributed by atoms with Gasteiger partial charge in [0.25, 0.3) is 5.91 Å². The predicted molar refractivity (Wildman–Crippen MR) is 106 cm³/mol. The van der Waals surface area contributed by atoms with Crippen molar-refractivity contribution in [1.29, 1.82) is 0 Å². The summed E-state index contributed by atoms with van der Waals surface area (Å²) in [6, 6.07) is 11.5. The first-order valence-electron chi connectivity index (χ1n) is 8.77. The zero-order chi connectivity index (χ0) is 18.7. The second-order valence-corrected chi connectivity index (χ2v) is 6.91. The maximum absolute atomic E-state index is 13.0. The normalized spacial score (nSPS) is 16.1. The van der Waals surface area contributed by atoms with Gasteiger partial charge in [0.2, 0.25) is 0 Å². The van der Waals surface area contributed by atoms with Gasteiger partial charge in [-0.15, -0.1) is 0 Å². The molecule has 0 aliphatic carbocycles. The number of para-hydroxylation sites is 1. The molecule has 1 heterocycles. The summed E-state index contributed by atoms with van der Waals surface area (Å²) in [6.45, 7) is 5.20. The Morgan fingerprint density at radius 1 is 1.23 bits per heavy atom. The molecule has 26 heavy (non-hydrogen) atoms. The van der Waals surface area contributed by atoms with E-state index in [1.54, 1.807) is 7.11 Å². The van der Waals surface area contributed by atoms with Crippen molar-refractivity contribution in [3.63, 3.8) is 0 Å². The number of halogens is 1. The molecule has 3 rings (SSSR count). The van der Waals surface area contributed by atoms with Gasteiger partial charge in [0, 0.05) is 12.2 Å². The first kappa shape index (κ1) is 18.6. The van der Waals surface area contributed by atoms with Gasteiger partial charge < -0.3 is 19.7 Å². The van der Waals surface area contributed by atoms with E-state index < -0.39 is 0 Å². The summed E-state index contributed by atoms with van der Waals surface area (Å²) in [5.41, 5.74) is 2.49. The van der Waals surface area contributed by atoms with E-state index in [1.165, 1.54) is 0 Å². The van der Waals surface area contributed by atoms with Crippen LogP contribution in [0.25, 0.3) is 0 Å². The molecular weight excluding hydrogens is 396 g/mol. The van der Waals surface area contributed by atoms with Gasteiger partial charge in [0.1, 0.15) is 6.17 Å². The molecule has 2 aromatic rings. The minimum absolute atomic E-state index is 0.0381. The first-order valence-corrected chi connectivity index (χ1v) is 9.56. The summed E-state index contributed by atoms with van der Waals surface area (Å²) in [4.78, 5) is 14.9. The summed E-state index contributed by atoms with van der Waals surface area (Å²) in [6.07, 6.45) is 0.612. The zero-order valence-corrected chi connectivity index (χ0v) is 16.8. The fourth-order valence-corrected chi connectivity index (χ4v) is 3.86. The lowest BCUT2D eigenvalue weighted by Crippen LogP contribution is -2.43. The number of hydrogen-bond donors (Lipinski definition) is 1. The van der Waals surface area contributed by atoms with E-state index in [9.17, 15) is 4.79 Å². The molecule has 0 saturated heterocycles. The number of anilines is 1. The number of ether oxygens (including phenoxy) is 2. The lowest BCUT2D eigenvalue weighted by molar-refractivity contribution is 0.0683. The highest BCUT2D eigenvalue weighted by atomic mass is 79.9. The van der Waals surface area contributed by atoms with Crippen molar-refractivity contribution in [2.24, 2.45) is 0 Å². The number of carbonyl (C=O) groups is 1. The number of fused-ring (bicyclic) bond motifs is 1. The molecular formula is C20H23BrN2O3. The molecule has 1 N–H and O–H groups in total. The molecule has 0 unspecified atom stereocenters. The van der Waals surface area contributed by atoms with E-state index in [0.717, 1.165) is 22.1 Å². The third-order valence-corrected chi connectivity index (χ3v) is 4.93. The molecule has 0 radical (unpaired) electrons. The molecule has 1 aliphatic rings. The molecule has 2 aromatic carbocycles. The van der Waals surface area contributed by atoms with E-state index in [4.69, 9.17) is 9.47 Å². The molecule has 1 amide bonds. The summed E-state index contributed by atoms with van der Waals surface area (Å²) in [5.74, 6) is 1.35. The Balaban J connectivity index is 2.07. The number of hydrogen-bond acceptors (Lipinski definition) is 4. The van der Waals surface area contributed by atoms with Crippen LogP contribution in [0.3, 0.4) is 0 Å². The largest absolute Gasteiger partial charge is 0.492 e. The molecule has 0 spiro atoms. The van der Waals surface area contributed by atoms with Crippen LogP contribution in [0.2, 0.25) is 0 Å². The Labute approximate surface area is 162 Å². The lowest BCUT2D eigenvalue weighted by Gasteiger charge is -2.38. The van der Waals surface area contributed by atoms with Gasteiger partial charge in [-0.1, -0.05) is 19.1 Å². The second kappa shape index (κ2) is 7.99. The first-order chi connectivity index (χ1) is 12.6. The number of amides is 1. The predicted octanol–water partition coefficient (Wildman–Crippen LogP) is 4.83. The fourth-order valence-electron chi connectivity index (χ4n) is 3.23. The standard InChI is InChI=1S/C20H23BrN2O3/c1-4-10-23-19(22-16-9-7-6-8-14(16)20(23)24)13-11-15(21)18(25-3)17(12-13)26-5-2/h6-9,11-12,19,22H,4-5,10H2,1-3H3/t19-/m0/s1. The number of carbonyl (C=O) groups excluding carboxylic acids is 1. The Hall–Kier alpha value is -2.21. The number of methoxy groups -OCH3 is 1. The summed E-state index contributed by atoms with van der Waals surface area (Å²) in [7, 11) is 1.62. The molecule has 1 atom stereocenters. The quantitative estimate of drug-likeness (QED) is 0.729. The topological polar surface area (TPSA) is 50.8 Å². The fraction of sp³-hybridized carbons (Fsp3) is 0.350. The van der Waals surface area contributed by atoms with Crippen molar-refractivity contribution in [1.82, 2.24) is 4.90 Å². The molecule has 0 saturated carbocycles. The SMILES string of the molecule is CCCN1C(=O)c2ccccc2N[C@@H]1c1cc(Br)c(OC)c(OCC)c1. The highest BCUT2D eigenvalue weighted by Gasteiger charge is 2.33. The van der Waals surface area contributed by atoms with Crippen LogP contribution in [0.4, 0.5) is 5.69 Å². The molecule has 5 nitrogen and oxygen atoms in total. The van der Waals surface area contributed by atoms with Crippen molar-refractivity contribution in [2.45, 2.75) is 26.4 Å². The van der Waals surface area contributed by atoms with Gasteiger partial charge in [-0.05, 0) is 59.1 Å². The number of benzene rings is 2. The number of nitrogens with one attached hydrogen (secondary N) is 1. The van der Waals surface area contributed by atoms with Gasteiger partial charge in [-0.25, -0.2) is 0 Å². The summed E-state index contributed by atoms with van der Waals surface area (Å²) in [5, 5.41) is 3.50. The molecule has 6 heteroatoms. The van der Waals surface area contributed by atoms with Gasteiger partial charge >= 0.3 is 0 Å². The van der Waals surface area contributed by atoms with Crippen LogP contribution in [-0.4, -0.2) is 31.1 Å². The Kier molecular flexibility index (Phi) is 5.71. The van der Waals surface area contributed by atoms with E-state index in [-0.39, 0.29) is 12.1 Å². The lowest BCUT2D eigenvalue weighted by atomic mass is 10.0. The van der Waals surface area contributed by atoms with Crippen LogP contribution >= 0.6 is 15.9 Å². The van der Waals surface area contributed by atoms with Gasteiger partial charge in [0.05, 0.1) is 23.8 Å². The van der Waals surface area contributed by atoms with Crippen molar-refractivity contribution in [2.75, 3.05) is 25.6 Å². The van der Waals surface area contributed by atoms with Gasteiger partial charge in [-0.2, -0.15) is 0 Å². The monoisotopic (exact) mass is 418 g/mol. The van der Waals surface area contributed by atoms with Crippen LogP contribution in [0.15, 0.2) is 40.9 Å². The Bertz CT molecular complexity index is 810. The minimum Gasteiger partial charge on any atom is -0.492 e. The van der Waals surface area contributed by atoms with Crippen molar-refractivity contribution in [3.8, 4) is 11.5 Å². The van der Waals surface area contributed by atoms with Crippen LogP contribution in [0, 0.1) is 0 Å². The average Bonchev–Trinajstić information content (AvgIpc) is 2.64. The van der Waals surface area contributed by atoms with Crippen molar-refractivity contribution < 1.29 is 14.3 Å². The van der Waals surface area contributed by atoms with E-state index >= 15 is 0 Å². The highest BCUT2D eigenvalue weighted by Crippen LogP contribution is 2.41. The third-order valence-electron chi connectivity index (χ3n) is 4.34. The highest BCUT2D eigenvalue weighted by molar-refractivity contribution is 9.10. The molecule has 0 fully saturated rings. The maximum Gasteiger partial charge on any atom is 0.257 e. The van der Waals surface area contributed by atoms with E-state index in [0.29, 0.717) is 30.2 Å². The van der Waals surface area contributed by atoms with Crippen molar-refractivity contribution in [3.05, 3.63) is 52.0 Å². The number of rotatable bonds is 6. The van der Waals surface area contributed by atoms with Crippen LogP contribution in [0.1, 0.15) is 42.4 Å². The Morgan fingerprint density at radius 2 is 2.00 bits per heavy atom. The maximum atomic E-state index is 13.0. The Morgan fingerprint density at radius 3 is 2.69 bits per heavy atom. The zero-order valence-electron chi connectivity index (χ0n) is 15.2. The molecule has 138 valence electrons. The summed E-state index contributed by atoms with van der Waals surface area (Å²) >= 11 is 3.56. The third kappa shape index (κ3) is 3.38. The smallest absolute Gasteiger partial charge is 0.257 e. The van der Waals surface area contributed by atoms with Crippen LogP contribution < -0.4 is 14.8 Å². The second-order valence-electron chi connectivity index (χ2n) is 6.06. The average molecular weight is 419 g/mol. The molecule has 1 aliphatic heterocycles. The minimum atomic E-state index is -0.265. The number of nitrogens with zero attached hydrogens (tertiary/aromatic N) is 1. The summed E-state index contributed by atoms with van der Waals surface area (Å²) < 4.78 is 12.0. The molecule has 0 bridgehead atoms. The van der Waals surface area contributed by atoms with Crippen molar-refractivity contribution >= 4 is 27.5 Å². The van der Waals surface area contributed by atoms with E-state index in [1.807, 2.05) is 48.2 Å².